The molecule has 3 fully saturated rings. The van der Waals surface area contributed by atoms with E-state index < -0.39 is 0 Å². The fourth-order valence-electron chi connectivity index (χ4n) is 5.35. The van der Waals surface area contributed by atoms with Crippen molar-refractivity contribution in [2.24, 2.45) is 5.92 Å². The number of hydrazine groups is 1. The molecule has 3 saturated heterocycles. The van der Waals surface area contributed by atoms with Crippen molar-refractivity contribution in [3.63, 3.8) is 0 Å². The predicted molar refractivity (Wildman–Crippen MR) is 129 cm³/mol. The SMILES string of the molecule is CC(C)COC(=O)N1[C@@H]2CC[C@H]1CC(Nc1nc(NC3CC(C)NN3)cc3ncccc13)C2. The van der Waals surface area contributed by atoms with Gasteiger partial charge in [0.25, 0.3) is 0 Å². The van der Waals surface area contributed by atoms with E-state index in [0.717, 1.165) is 54.6 Å². The lowest BCUT2D eigenvalue weighted by Crippen LogP contribution is -2.50. The van der Waals surface area contributed by atoms with E-state index in [4.69, 9.17) is 9.72 Å². The molecular weight excluding hydrogens is 418 g/mol. The number of fused-ring (bicyclic) bond motifs is 3. The number of nitrogens with one attached hydrogen (secondary N) is 4. The molecule has 0 radical (unpaired) electrons. The Balaban J connectivity index is 1.31. The van der Waals surface area contributed by atoms with Gasteiger partial charge in [0, 0.05) is 41.8 Å². The number of carbonyl (C=O) groups is 1. The molecule has 1 amide bonds. The average Bonchev–Trinajstić information content (AvgIpc) is 3.31. The first-order valence-corrected chi connectivity index (χ1v) is 12.2. The third-order valence-electron chi connectivity index (χ3n) is 6.84. The van der Waals surface area contributed by atoms with Gasteiger partial charge in [-0.3, -0.25) is 10.4 Å². The fourth-order valence-corrected chi connectivity index (χ4v) is 5.35. The normalized spacial score (nSPS) is 29.0. The highest BCUT2D eigenvalue weighted by Crippen LogP contribution is 2.38. The third kappa shape index (κ3) is 4.84. The van der Waals surface area contributed by atoms with Crippen LogP contribution in [0.5, 0.6) is 0 Å². The minimum absolute atomic E-state index is 0.123. The van der Waals surface area contributed by atoms with Crippen LogP contribution in [0.1, 0.15) is 52.9 Å². The van der Waals surface area contributed by atoms with Gasteiger partial charge in [0.05, 0.1) is 18.3 Å². The van der Waals surface area contributed by atoms with E-state index in [0.29, 0.717) is 18.6 Å². The summed E-state index contributed by atoms with van der Waals surface area (Å²) >= 11 is 0. The van der Waals surface area contributed by atoms with Gasteiger partial charge in [-0.25, -0.2) is 15.2 Å². The van der Waals surface area contributed by atoms with Crippen molar-refractivity contribution in [3.8, 4) is 0 Å². The first-order chi connectivity index (χ1) is 16.0. The molecule has 5 atom stereocenters. The summed E-state index contributed by atoms with van der Waals surface area (Å²) in [4.78, 5) is 24.2. The number of pyridine rings is 2. The molecule has 0 spiro atoms. The van der Waals surface area contributed by atoms with Gasteiger partial charge in [0.1, 0.15) is 11.6 Å². The number of nitrogens with zero attached hydrogens (tertiary/aromatic N) is 3. The molecule has 0 aromatic carbocycles. The fraction of sp³-hybridized carbons (Fsp3) is 0.625. The zero-order chi connectivity index (χ0) is 22.9. The predicted octanol–water partition coefficient (Wildman–Crippen LogP) is 3.45. The minimum atomic E-state index is -0.152. The number of hydrogen-bond donors (Lipinski definition) is 4. The summed E-state index contributed by atoms with van der Waals surface area (Å²) in [5, 5.41) is 8.20. The van der Waals surface area contributed by atoms with Crippen molar-refractivity contribution in [2.75, 3.05) is 17.2 Å². The Morgan fingerprint density at radius 2 is 2.00 bits per heavy atom. The number of rotatable bonds is 6. The quantitative estimate of drug-likeness (QED) is 0.527. The molecule has 178 valence electrons. The maximum atomic E-state index is 12.7. The van der Waals surface area contributed by atoms with Crippen LogP contribution in [0, 0.1) is 5.92 Å². The Hall–Kier alpha value is -2.65. The van der Waals surface area contributed by atoms with Crippen molar-refractivity contribution < 1.29 is 9.53 Å². The van der Waals surface area contributed by atoms with Crippen LogP contribution in [0.15, 0.2) is 24.4 Å². The van der Waals surface area contributed by atoms with Crippen LogP contribution in [-0.4, -0.2) is 57.9 Å². The van der Waals surface area contributed by atoms with Crippen molar-refractivity contribution in [1.29, 1.82) is 0 Å². The number of carbonyl (C=O) groups excluding carboxylic acids is 1. The van der Waals surface area contributed by atoms with Gasteiger partial charge in [-0.1, -0.05) is 13.8 Å². The highest BCUT2D eigenvalue weighted by molar-refractivity contribution is 5.91. The van der Waals surface area contributed by atoms with E-state index in [1.807, 2.05) is 23.2 Å². The second-order valence-corrected chi connectivity index (χ2v) is 10.1. The molecule has 4 N–H and O–H groups in total. The summed E-state index contributed by atoms with van der Waals surface area (Å²) in [5.41, 5.74) is 7.41. The summed E-state index contributed by atoms with van der Waals surface area (Å²) in [6.45, 7) is 6.75. The monoisotopic (exact) mass is 453 g/mol. The maximum absolute atomic E-state index is 12.7. The molecule has 0 saturated carbocycles. The molecule has 3 aliphatic rings. The maximum Gasteiger partial charge on any atom is 0.410 e. The number of aromatic nitrogens is 2. The van der Waals surface area contributed by atoms with Gasteiger partial charge in [0.15, 0.2) is 0 Å². The molecule has 9 heteroatoms. The lowest BCUT2D eigenvalue weighted by atomic mass is 9.97. The van der Waals surface area contributed by atoms with Crippen LogP contribution in [0.2, 0.25) is 0 Å². The van der Waals surface area contributed by atoms with Crippen molar-refractivity contribution >= 4 is 28.6 Å². The average molecular weight is 454 g/mol. The first kappa shape index (κ1) is 22.2. The number of ether oxygens (including phenoxy) is 1. The molecule has 5 heterocycles. The lowest BCUT2D eigenvalue weighted by Gasteiger charge is -2.38. The van der Waals surface area contributed by atoms with E-state index in [1.54, 1.807) is 0 Å². The molecule has 2 aromatic rings. The number of hydrogen-bond acceptors (Lipinski definition) is 8. The zero-order valence-corrected chi connectivity index (χ0v) is 19.7. The molecule has 33 heavy (non-hydrogen) atoms. The van der Waals surface area contributed by atoms with Crippen molar-refractivity contribution in [2.45, 2.75) is 83.2 Å². The van der Waals surface area contributed by atoms with Gasteiger partial charge < -0.3 is 20.3 Å². The van der Waals surface area contributed by atoms with Gasteiger partial charge in [-0.2, -0.15) is 0 Å². The number of piperidine rings is 1. The summed E-state index contributed by atoms with van der Waals surface area (Å²) in [7, 11) is 0. The highest BCUT2D eigenvalue weighted by atomic mass is 16.6. The molecule has 5 rings (SSSR count). The van der Waals surface area contributed by atoms with Crippen molar-refractivity contribution in [1.82, 2.24) is 25.7 Å². The first-order valence-electron chi connectivity index (χ1n) is 12.2. The Kier molecular flexibility index (Phi) is 6.25. The standard InChI is InChI=1S/C24H35N7O2/c1-14(2)13-33-24(32)31-17-6-7-18(31)11-16(10-17)26-23-19-5-4-8-25-20(19)12-21(28-23)27-22-9-15(3)29-30-22/h4-5,8,12,14-18,22,29-30H,6-7,9-11,13H2,1-3H3,(H2,26,27,28)/t15?,16?,17-,18+,22?. The molecule has 2 aromatic heterocycles. The Morgan fingerprint density at radius 1 is 1.21 bits per heavy atom. The van der Waals surface area contributed by atoms with E-state index >= 15 is 0 Å². The largest absolute Gasteiger partial charge is 0.449 e. The molecular formula is C24H35N7O2. The smallest absolute Gasteiger partial charge is 0.410 e. The van der Waals surface area contributed by atoms with Gasteiger partial charge in [-0.15, -0.1) is 0 Å². The second-order valence-electron chi connectivity index (χ2n) is 10.1. The third-order valence-corrected chi connectivity index (χ3v) is 6.84. The van der Waals surface area contributed by atoms with E-state index in [-0.39, 0.29) is 30.4 Å². The van der Waals surface area contributed by atoms with Crippen LogP contribution < -0.4 is 21.5 Å². The van der Waals surface area contributed by atoms with Crippen LogP contribution in [0.25, 0.3) is 10.9 Å². The zero-order valence-electron chi connectivity index (χ0n) is 19.7. The second kappa shape index (κ2) is 9.30. The van der Waals surface area contributed by atoms with E-state index in [1.165, 1.54) is 0 Å². The topological polar surface area (TPSA) is 103 Å². The van der Waals surface area contributed by atoms with E-state index in [9.17, 15) is 4.79 Å². The molecule has 9 nitrogen and oxygen atoms in total. The van der Waals surface area contributed by atoms with Crippen molar-refractivity contribution in [3.05, 3.63) is 24.4 Å². The Bertz CT molecular complexity index is 986. The number of anilines is 2. The lowest BCUT2D eigenvalue weighted by molar-refractivity contribution is 0.0603. The number of amides is 1. The summed E-state index contributed by atoms with van der Waals surface area (Å²) in [5.74, 6) is 2.00. The van der Waals surface area contributed by atoms with Gasteiger partial charge >= 0.3 is 6.09 Å². The Labute approximate surface area is 195 Å². The van der Waals surface area contributed by atoms with Crippen LogP contribution in [0.3, 0.4) is 0 Å². The summed E-state index contributed by atoms with van der Waals surface area (Å²) < 4.78 is 5.55. The molecule has 0 aliphatic carbocycles. The summed E-state index contributed by atoms with van der Waals surface area (Å²) in [6, 6.07) is 7.13. The molecule has 3 aliphatic heterocycles. The van der Waals surface area contributed by atoms with Gasteiger partial charge in [-0.05, 0) is 57.1 Å². The minimum Gasteiger partial charge on any atom is -0.449 e. The van der Waals surface area contributed by atoms with Gasteiger partial charge in [0.2, 0.25) is 0 Å². The van der Waals surface area contributed by atoms with Crippen LogP contribution in [0.4, 0.5) is 16.4 Å². The van der Waals surface area contributed by atoms with E-state index in [2.05, 4.69) is 53.3 Å². The Morgan fingerprint density at radius 3 is 2.70 bits per heavy atom. The van der Waals surface area contributed by atoms with Crippen LogP contribution >= 0.6 is 0 Å². The highest BCUT2D eigenvalue weighted by Gasteiger charge is 2.44. The van der Waals surface area contributed by atoms with Crippen LogP contribution in [-0.2, 0) is 4.74 Å². The summed E-state index contributed by atoms with van der Waals surface area (Å²) in [6.07, 6.45) is 6.64. The molecule has 3 unspecified atom stereocenters. The molecule has 2 bridgehead atoms.